The number of hydrogen-bond donors (Lipinski definition) is 2. The van der Waals surface area contributed by atoms with E-state index >= 15 is 0 Å². The minimum Gasteiger partial charge on any atom is -0.468 e. The standard InChI is InChI=1S/C13H20N2O3/c1-10(12-3-2-6-18-12)14-9-13(16)15-11-4-7-17-8-5-11/h2-3,6,10-11,14H,4-5,7-9H2,1H3,(H,15,16)/t10-/m0/s1. The van der Waals surface area contributed by atoms with E-state index in [9.17, 15) is 4.79 Å². The summed E-state index contributed by atoms with van der Waals surface area (Å²) in [6.45, 7) is 3.75. The third kappa shape index (κ3) is 3.85. The molecule has 0 radical (unpaired) electrons. The lowest BCUT2D eigenvalue weighted by Gasteiger charge is -2.23. The summed E-state index contributed by atoms with van der Waals surface area (Å²) in [5.41, 5.74) is 0. The van der Waals surface area contributed by atoms with E-state index in [1.165, 1.54) is 0 Å². The Morgan fingerprint density at radius 3 is 2.94 bits per heavy atom. The Hall–Kier alpha value is -1.33. The summed E-state index contributed by atoms with van der Waals surface area (Å²) in [6.07, 6.45) is 3.44. The molecule has 0 aromatic carbocycles. The number of carbonyl (C=O) groups is 1. The molecule has 2 heterocycles. The van der Waals surface area contributed by atoms with Gasteiger partial charge < -0.3 is 14.5 Å². The fraction of sp³-hybridized carbons (Fsp3) is 0.615. The van der Waals surface area contributed by atoms with Gasteiger partial charge in [0.05, 0.1) is 18.8 Å². The molecule has 5 heteroatoms. The molecule has 1 aliphatic heterocycles. The van der Waals surface area contributed by atoms with Crippen LogP contribution in [0.2, 0.25) is 0 Å². The summed E-state index contributed by atoms with van der Waals surface area (Å²) in [7, 11) is 0. The number of carbonyl (C=O) groups excluding carboxylic acids is 1. The molecule has 0 spiro atoms. The molecule has 0 saturated carbocycles. The van der Waals surface area contributed by atoms with Crippen LogP contribution < -0.4 is 10.6 Å². The van der Waals surface area contributed by atoms with Crippen LogP contribution in [0.15, 0.2) is 22.8 Å². The number of rotatable bonds is 5. The van der Waals surface area contributed by atoms with E-state index in [0.717, 1.165) is 31.8 Å². The van der Waals surface area contributed by atoms with E-state index in [1.807, 2.05) is 19.1 Å². The zero-order chi connectivity index (χ0) is 12.8. The minimum absolute atomic E-state index is 0.0281. The van der Waals surface area contributed by atoms with Gasteiger partial charge in [-0.2, -0.15) is 0 Å². The molecule has 100 valence electrons. The van der Waals surface area contributed by atoms with Crippen molar-refractivity contribution in [3.63, 3.8) is 0 Å². The Morgan fingerprint density at radius 1 is 1.50 bits per heavy atom. The molecule has 1 saturated heterocycles. The highest BCUT2D eigenvalue weighted by Gasteiger charge is 2.16. The molecule has 1 amide bonds. The molecule has 2 rings (SSSR count). The van der Waals surface area contributed by atoms with Gasteiger partial charge >= 0.3 is 0 Å². The van der Waals surface area contributed by atoms with Gasteiger partial charge in [0.2, 0.25) is 5.91 Å². The summed E-state index contributed by atoms with van der Waals surface area (Å²) in [5.74, 6) is 0.870. The highest BCUT2D eigenvalue weighted by molar-refractivity contribution is 5.78. The molecule has 1 fully saturated rings. The predicted octanol–water partition coefficient (Wildman–Crippen LogP) is 1.23. The van der Waals surface area contributed by atoms with Gasteiger partial charge in [-0.15, -0.1) is 0 Å². The van der Waals surface area contributed by atoms with E-state index in [1.54, 1.807) is 6.26 Å². The Bertz CT molecular complexity index is 358. The van der Waals surface area contributed by atoms with E-state index in [2.05, 4.69) is 10.6 Å². The van der Waals surface area contributed by atoms with E-state index < -0.39 is 0 Å². The van der Waals surface area contributed by atoms with E-state index in [4.69, 9.17) is 9.15 Å². The molecule has 1 atom stereocenters. The molecule has 5 nitrogen and oxygen atoms in total. The summed E-state index contributed by atoms with van der Waals surface area (Å²) in [5, 5.41) is 6.14. The molecule has 1 aromatic heterocycles. The predicted molar refractivity (Wildman–Crippen MR) is 67.1 cm³/mol. The largest absolute Gasteiger partial charge is 0.468 e. The van der Waals surface area contributed by atoms with Gasteiger partial charge in [0.15, 0.2) is 0 Å². The lowest BCUT2D eigenvalue weighted by atomic mass is 10.1. The lowest BCUT2D eigenvalue weighted by Crippen LogP contribution is -2.43. The van der Waals surface area contributed by atoms with Gasteiger partial charge in [-0.3, -0.25) is 10.1 Å². The van der Waals surface area contributed by atoms with Crippen molar-refractivity contribution < 1.29 is 13.9 Å². The third-order valence-electron chi connectivity index (χ3n) is 3.13. The van der Waals surface area contributed by atoms with Crippen molar-refractivity contribution in [2.75, 3.05) is 19.8 Å². The summed E-state index contributed by atoms with van der Waals surface area (Å²) in [4.78, 5) is 11.7. The molecular weight excluding hydrogens is 232 g/mol. The van der Waals surface area contributed by atoms with Gasteiger partial charge in [-0.05, 0) is 31.9 Å². The van der Waals surface area contributed by atoms with Crippen LogP contribution in [-0.2, 0) is 9.53 Å². The fourth-order valence-electron chi connectivity index (χ4n) is 2.00. The quantitative estimate of drug-likeness (QED) is 0.827. The van der Waals surface area contributed by atoms with Crippen LogP contribution in [0, 0.1) is 0 Å². The summed E-state index contributed by atoms with van der Waals surface area (Å²) < 4.78 is 10.5. The summed E-state index contributed by atoms with van der Waals surface area (Å²) >= 11 is 0. The Labute approximate surface area is 107 Å². The number of nitrogens with one attached hydrogen (secondary N) is 2. The maximum Gasteiger partial charge on any atom is 0.234 e. The SMILES string of the molecule is C[C@H](NCC(=O)NC1CCOCC1)c1ccco1. The second kappa shape index (κ2) is 6.56. The number of hydrogen-bond acceptors (Lipinski definition) is 4. The zero-order valence-corrected chi connectivity index (χ0v) is 10.6. The lowest BCUT2D eigenvalue weighted by molar-refractivity contribution is -0.121. The van der Waals surface area contributed by atoms with Crippen LogP contribution in [0.25, 0.3) is 0 Å². The molecule has 2 N–H and O–H groups in total. The van der Waals surface area contributed by atoms with Crippen LogP contribution in [-0.4, -0.2) is 31.7 Å². The van der Waals surface area contributed by atoms with Gasteiger partial charge in [0.1, 0.15) is 5.76 Å². The van der Waals surface area contributed by atoms with Gasteiger partial charge in [0, 0.05) is 19.3 Å². The van der Waals surface area contributed by atoms with Crippen molar-refractivity contribution in [3.05, 3.63) is 24.2 Å². The number of amides is 1. The first-order valence-corrected chi connectivity index (χ1v) is 6.39. The highest BCUT2D eigenvalue weighted by Crippen LogP contribution is 2.11. The number of ether oxygens (including phenoxy) is 1. The smallest absolute Gasteiger partial charge is 0.234 e. The van der Waals surface area contributed by atoms with Gasteiger partial charge in [-0.25, -0.2) is 0 Å². The number of furan rings is 1. The second-order valence-corrected chi connectivity index (χ2v) is 4.57. The van der Waals surface area contributed by atoms with Crippen molar-refractivity contribution >= 4 is 5.91 Å². The van der Waals surface area contributed by atoms with Crippen LogP contribution in [0.1, 0.15) is 31.6 Å². The topological polar surface area (TPSA) is 63.5 Å². The van der Waals surface area contributed by atoms with E-state index in [0.29, 0.717) is 6.54 Å². The average Bonchev–Trinajstić information content (AvgIpc) is 2.91. The van der Waals surface area contributed by atoms with E-state index in [-0.39, 0.29) is 18.0 Å². The van der Waals surface area contributed by atoms with Gasteiger partial charge in [0.25, 0.3) is 0 Å². The molecule has 18 heavy (non-hydrogen) atoms. The average molecular weight is 252 g/mol. The molecule has 0 aliphatic carbocycles. The molecule has 0 unspecified atom stereocenters. The maximum absolute atomic E-state index is 11.7. The van der Waals surface area contributed by atoms with Crippen molar-refractivity contribution in [3.8, 4) is 0 Å². The first-order chi connectivity index (χ1) is 8.75. The Kier molecular flexibility index (Phi) is 4.78. The van der Waals surface area contributed by atoms with Crippen LogP contribution >= 0.6 is 0 Å². The van der Waals surface area contributed by atoms with Crippen LogP contribution in [0.5, 0.6) is 0 Å². The van der Waals surface area contributed by atoms with Crippen molar-refractivity contribution in [2.45, 2.75) is 31.8 Å². The normalized spacial score (nSPS) is 18.5. The molecule has 1 aliphatic rings. The second-order valence-electron chi connectivity index (χ2n) is 4.57. The third-order valence-corrected chi connectivity index (χ3v) is 3.13. The molecule has 0 bridgehead atoms. The maximum atomic E-state index is 11.7. The monoisotopic (exact) mass is 252 g/mol. The van der Waals surface area contributed by atoms with Crippen molar-refractivity contribution in [2.24, 2.45) is 0 Å². The summed E-state index contributed by atoms with van der Waals surface area (Å²) in [6, 6.07) is 4.04. The minimum atomic E-state index is 0.0281. The zero-order valence-electron chi connectivity index (χ0n) is 10.6. The van der Waals surface area contributed by atoms with Crippen molar-refractivity contribution in [1.82, 2.24) is 10.6 Å². The first kappa shape index (κ1) is 13.1. The Morgan fingerprint density at radius 2 is 2.28 bits per heavy atom. The van der Waals surface area contributed by atoms with Crippen LogP contribution in [0.4, 0.5) is 0 Å². The molecule has 1 aromatic rings. The van der Waals surface area contributed by atoms with Crippen molar-refractivity contribution in [1.29, 1.82) is 0 Å². The molecular formula is C13H20N2O3. The van der Waals surface area contributed by atoms with Gasteiger partial charge in [-0.1, -0.05) is 0 Å². The fourth-order valence-corrected chi connectivity index (χ4v) is 2.00. The highest BCUT2D eigenvalue weighted by atomic mass is 16.5. The van der Waals surface area contributed by atoms with Crippen LogP contribution in [0.3, 0.4) is 0 Å². The Balaban J connectivity index is 1.68. The first-order valence-electron chi connectivity index (χ1n) is 6.39.